The number of anilines is 1. The lowest BCUT2D eigenvalue weighted by Crippen LogP contribution is -2.36. The second-order valence-electron chi connectivity index (χ2n) is 6.80. The van der Waals surface area contributed by atoms with Gasteiger partial charge in [0.15, 0.2) is 0 Å². The van der Waals surface area contributed by atoms with E-state index < -0.39 is 0 Å². The maximum Gasteiger partial charge on any atom is 0.321 e. The summed E-state index contributed by atoms with van der Waals surface area (Å²) in [4.78, 5) is 12.6. The molecular weight excluding hydrogens is 356 g/mol. The van der Waals surface area contributed by atoms with Crippen molar-refractivity contribution in [3.8, 4) is 0 Å². The van der Waals surface area contributed by atoms with E-state index in [1.54, 1.807) is 22.7 Å². The van der Waals surface area contributed by atoms with Crippen LogP contribution in [0.1, 0.15) is 28.6 Å². The number of nitrogens with zero attached hydrogens (tertiary/aromatic N) is 4. The van der Waals surface area contributed by atoms with Crippen molar-refractivity contribution in [1.82, 2.24) is 24.9 Å². The number of benzene rings is 1. The normalized spacial score (nSPS) is 12.0. The van der Waals surface area contributed by atoms with Gasteiger partial charge in [0.2, 0.25) is 0 Å². The number of rotatable bonds is 7. The third kappa shape index (κ3) is 4.77. The third-order valence-electron chi connectivity index (χ3n) is 4.41. The first-order valence-electron chi connectivity index (χ1n) is 9.10. The lowest BCUT2D eigenvalue weighted by molar-refractivity contribution is 0.165. The molecule has 0 aliphatic carbocycles. The minimum absolute atomic E-state index is 0.313. The van der Waals surface area contributed by atoms with Crippen molar-refractivity contribution in [2.45, 2.75) is 26.4 Å². The predicted octanol–water partition coefficient (Wildman–Crippen LogP) is 2.79. The van der Waals surface area contributed by atoms with E-state index in [1.807, 2.05) is 38.2 Å². The van der Waals surface area contributed by atoms with Gasteiger partial charge in [0, 0.05) is 26.4 Å². The highest BCUT2D eigenvalue weighted by Crippen LogP contribution is 2.16. The Balaban J connectivity index is 1.72. The van der Waals surface area contributed by atoms with Crippen LogP contribution in [0, 0.1) is 13.8 Å². The highest BCUT2D eigenvalue weighted by Gasteiger charge is 2.19. The molecule has 2 N–H and O–H groups in total. The van der Waals surface area contributed by atoms with E-state index in [-0.39, 0.29) is 12.1 Å². The Morgan fingerprint density at radius 1 is 1.25 bits per heavy atom. The Bertz CT molecular complexity index is 946. The van der Waals surface area contributed by atoms with Crippen molar-refractivity contribution in [2.75, 3.05) is 19.0 Å². The summed E-state index contributed by atoms with van der Waals surface area (Å²) in [6.07, 6.45) is 1.69. The summed E-state index contributed by atoms with van der Waals surface area (Å²) in [5.74, 6) is 0.637. The molecule has 0 fully saturated rings. The molecule has 2 amide bonds. The Kier molecular flexibility index (Phi) is 6.10. The zero-order chi connectivity index (χ0) is 20.1. The van der Waals surface area contributed by atoms with Gasteiger partial charge in [0.1, 0.15) is 5.82 Å². The summed E-state index contributed by atoms with van der Waals surface area (Å²) in [5, 5.41) is 14.5. The number of amides is 2. The standard InChI is InChI=1S/C20H26N6O2/c1-14-6-5-7-16(10-14)12-26-19(11-15(2)24-26)23-20(27)22-17(13-28-4)18-8-9-21-25(18)3/h5-11,17H,12-13H2,1-4H3,(H2,22,23,27)/t17-/m0/s1. The molecule has 1 atom stereocenters. The number of urea groups is 1. The molecule has 1 aromatic carbocycles. The molecule has 0 aliphatic rings. The van der Waals surface area contributed by atoms with Crippen LogP contribution in [0.2, 0.25) is 0 Å². The molecule has 0 unspecified atom stereocenters. The summed E-state index contributed by atoms with van der Waals surface area (Å²) >= 11 is 0. The van der Waals surface area contributed by atoms with Gasteiger partial charge >= 0.3 is 6.03 Å². The topological polar surface area (TPSA) is 86.0 Å². The Labute approximate surface area is 164 Å². The zero-order valence-electron chi connectivity index (χ0n) is 16.6. The molecule has 8 nitrogen and oxygen atoms in total. The number of hydrogen-bond acceptors (Lipinski definition) is 4. The number of ether oxygens (including phenoxy) is 1. The zero-order valence-corrected chi connectivity index (χ0v) is 16.6. The fourth-order valence-corrected chi connectivity index (χ4v) is 3.15. The molecule has 0 bridgehead atoms. The monoisotopic (exact) mass is 382 g/mol. The number of carbonyl (C=O) groups is 1. The molecule has 0 radical (unpaired) electrons. The van der Waals surface area contributed by atoms with Crippen LogP contribution < -0.4 is 10.6 Å². The number of carbonyl (C=O) groups excluding carboxylic acids is 1. The Hall–Kier alpha value is -3.13. The fraction of sp³-hybridized carbons (Fsp3) is 0.350. The van der Waals surface area contributed by atoms with Crippen LogP contribution in [0.25, 0.3) is 0 Å². The second-order valence-corrected chi connectivity index (χ2v) is 6.80. The van der Waals surface area contributed by atoms with Gasteiger partial charge in [-0.3, -0.25) is 10.00 Å². The largest absolute Gasteiger partial charge is 0.382 e. The van der Waals surface area contributed by atoms with Crippen LogP contribution in [0.5, 0.6) is 0 Å². The molecule has 2 heterocycles. The predicted molar refractivity (Wildman–Crippen MR) is 107 cm³/mol. The van der Waals surface area contributed by atoms with Crippen molar-refractivity contribution < 1.29 is 9.53 Å². The average molecular weight is 382 g/mol. The van der Waals surface area contributed by atoms with Crippen molar-refractivity contribution in [3.05, 3.63) is 65.1 Å². The molecule has 3 aromatic rings. The van der Waals surface area contributed by atoms with Gasteiger partial charge < -0.3 is 10.1 Å². The SMILES string of the molecule is COC[C@H](NC(=O)Nc1cc(C)nn1Cc1cccc(C)c1)c1ccnn1C. The first-order valence-corrected chi connectivity index (χ1v) is 9.10. The van der Waals surface area contributed by atoms with Gasteiger partial charge in [0.05, 0.1) is 30.6 Å². The lowest BCUT2D eigenvalue weighted by Gasteiger charge is -2.19. The smallest absolute Gasteiger partial charge is 0.321 e. The van der Waals surface area contributed by atoms with Crippen molar-refractivity contribution in [1.29, 1.82) is 0 Å². The lowest BCUT2D eigenvalue weighted by atomic mass is 10.1. The molecule has 2 aromatic heterocycles. The van der Waals surface area contributed by atoms with E-state index in [9.17, 15) is 4.79 Å². The fourth-order valence-electron chi connectivity index (χ4n) is 3.15. The van der Waals surface area contributed by atoms with E-state index in [0.29, 0.717) is 19.0 Å². The van der Waals surface area contributed by atoms with Crippen molar-refractivity contribution in [3.63, 3.8) is 0 Å². The van der Waals surface area contributed by atoms with Crippen molar-refractivity contribution in [2.24, 2.45) is 7.05 Å². The van der Waals surface area contributed by atoms with Crippen LogP contribution in [-0.4, -0.2) is 39.3 Å². The van der Waals surface area contributed by atoms with E-state index in [0.717, 1.165) is 17.0 Å². The van der Waals surface area contributed by atoms with Crippen LogP contribution >= 0.6 is 0 Å². The third-order valence-corrected chi connectivity index (χ3v) is 4.41. The summed E-state index contributed by atoms with van der Waals surface area (Å²) in [5.41, 5.74) is 4.01. The molecule has 3 rings (SSSR count). The average Bonchev–Trinajstić information content (AvgIpc) is 3.20. The van der Waals surface area contributed by atoms with E-state index >= 15 is 0 Å². The molecule has 0 saturated carbocycles. The first kappa shape index (κ1) is 19.6. The molecular formula is C20H26N6O2. The summed E-state index contributed by atoms with van der Waals surface area (Å²) in [6, 6.07) is 11.3. The molecule has 0 spiro atoms. The number of methoxy groups -OCH3 is 1. The van der Waals surface area contributed by atoms with E-state index in [4.69, 9.17) is 4.74 Å². The summed E-state index contributed by atoms with van der Waals surface area (Å²) in [6.45, 7) is 4.88. The number of nitrogens with one attached hydrogen (secondary N) is 2. The highest BCUT2D eigenvalue weighted by atomic mass is 16.5. The molecule has 0 saturated heterocycles. The van der Waals surface area contributed by atoms with Gasteiger partial charge in [-0.25, -0.2) is 9.48 Å². The van der Waals surface area contributed by atoms with Crippen LogP contribution in [0.3, 0.4) is 0 Å². The van der Waals surface area contributed by atoms with Gasteiger partial charge in [-0.05, 0) is 25.5 Å². The van der Waals surface area contributed by atoms with Crippen LogP contribution in [-0.2, 0) is 18.3 Å². The van der Waals surface area contributed by atoms with Crippen LogP contribution in [0.4, 0.5) is 10.6 Å². The molecule has 148 valence electrons. The minimum atomic E-state index is -0.325. The summed E-state index contributed by atoms with van der Waals surface area (Å²) in [7, 11) is 3.43. The summed E-state index contributed by atoms with van der Waals surface area (Å²) < 4.78 is 8.76. The number of aryl methyl sites for hydroxylation is 3. The Morgan fingerprint density at radius 2 is 2.07 bits per heavy atom. The maximum atomic E-state index is 12.6. The minimum Gasteiger partial charge on any atom is -0.382 e. The van der Waals surface area contributed by atoms with Gasteiger partial charge in [-0.2, -0.15) is 10.2 Å². The Morgan fingerprint density at radius 3 is 2.75 bits per heavy atom. The number of aromatic nitrogens is 4. The van der Waals surface area contributed by atoms with Gasteiger partial charge in [0.25, 0.3) is 0 Å². The highest BCUT2D eigenvalue weighted by molar-refractivity contribution is 5.88. The second kappa shape index (κ2) is 8.71. The molecule has 0 aliphatic heterocycles. The molecule has 8 heteroatoms. The van der Waals surface area contributed by atoms with E-state index in [2.05, 4.69) is 39.9 Å². The first-order chi connectivity index (χ1) is 13.5. The van der Waals surface area contributed by atoms with Gasteiger partial charge in [-0.1, -0.05) is 29.8 Å². The van der Waals surface area contributed by atoms with E-state index in [1.165, 1.54) is 5.56 Å². The van der Waals surface area contributed by atoms with Crippen molar-refractivity contribution >= 4 is 11.8 Å². The van der Waals surface area contributed by atoms with Crippen LogP contribution in [0.15, 0.2) is 42.6 Å². The quantitative estimate of drug-likeness (QED) is 0.658. The maximum absolute atomic E-state index is 12.6. The number of hydrogen-bond donors (Lipinski definition) is 2. The van der Waals surface area contributed by atoms with Gasteiger partial charge in [-0.15, -0.1) is 0 Å². The molecule has 28 heavy (non-hydrogen) atoms.